The monoisotopic (exact) mass is 240 g/mol. The fraction of sp³-hybridized carbons (Fsp3) is 0.250. The summed E-state index contributed by atoms with van der Waals surface area (Å²) in [5.41, 5.74) is -0.938. The largest absolute Gasteiger partial charge is 0.416 e. The topological polar surface area (TPSA) is 57.5 Å². The second-order valence-electron chi connectivity index (χ2n) is 3.02. The molecule has 0 saturated heterocycles. The molecular weight excluding hydrogens is 232 g/mol. The molecule has 0 aromatic heterocycles. The Balaban J connectivity index is 2.99. The van der Waals surface area contributed by atoms with Crippen LogP contribution in [-0.4, -0.2) is 9.79 Å². The van der Waals surface area contributed by atoms with Crippen molar-refractivity contribution in [3.63, 3.8) is 0 Å². The van der Waals surface area contributed by atoms with Crippen LogP contribution in [0.5, 0.6) is 0 Å². The minimum absolute atomic E-state index is 0.0295. The highest BCUT2D eigenvalue weighted by Gasteiger charge is 2.30. The second-order valence-corrected chi connectivity index (χ2v) is 4.67. The van der Waals surface area contributed by atoms with Crippen LogP contribution in [0.2, 0.25) is 0 Å². The van der Waals surface area contributed by atoms with Crippen molar-refractivity contribution >= 4 is 7.60 Å². The molecule has 0 aliphatic heterocycles. The summed E-state index contributed by atoms with van der Waals surface area (Å²) in [4.78, 5) is 17.2. The van der Waals surface area contributed by atoms with E-state index in [1.807, 2.05) is 0 Å². The van der Waals surface area contributed by atoms with Crippen LogP contribution < -0.4 is 0 Å². The average Bonchev–Trinajstić information content (AvgIpc) is 1.99. The van der Waals surface area contributed by atoms with Gasteiger partial charge in [0, 0.05) is 0 Å². The van der Waals surface area contributed by atoms with E-state index in [4.69, 9.17) is 9.79 Å². The Morgan fingerprint density at radius 1 is 1.27 bits per heavy atom. The van der Waals surface area contributed by atoms with E-state index in [2.05, 4.69) is 0 Å². The zero-order chi connectivity index (χ0) is 11.7. The van der Waals surface area contributed by atoms with Crippen molar-refractivity contribution in [2.75, 3.05) is 0 Å². The Labute approximate surface area is 83.7 Å². The molecule has 15 heavy (non-hydrogen) atoms. The van der Waals surface area contributed by atoms with Crippen molar-refractivity contribution in [1.29, 1.82) is 0 Å². The van der Waals surface area contributed by atoms with E-state index in [9.17, 15) is 17.7 Å². The van der Waals surface area contributed by atoms with Gasteiger partial charge in [-0.2, -0.15) is 13.2 Å². The van der Waals surface area contributed by atoms with Crippen LogP contribution in [0.25, 0.3) is 0 Å². The molecule has 0 fully saturated rings. The SMILES string of the molecule is O=P(O)(O)Cc1cccc(C(F)(F)F)c1. The standard InChI is InChI=1S/C8H8F3O3P/c9-8(10,11)7-3-1-2-6(4-7)5-15(12,13)14/h1-4H,5H2,(H2,12,13,14). The smallest absolute Gasteiger partial charge is 0.324 e. The molecular formula is C8H8F3O3P. The molecule has 0 amide bonds. The minimum Gasteiger partial charge on any atom is -0.324 e. The summed E-state index contributed by atoms with van der Waals surface area (Å²) in [6.07, 6.45) is -5.18. The van der Waals surface area contributed by atoms with Crippen LogP contribution in [-0.2, 0) is 16.9 Å². The van der Waals surface area contributed by atoms with Gasteiger partial charge < -0.3 is 9.79 Å². The lowest BCUT2D eigenvalue weighted by Gasteiger charge is -2.09. The number of benzene rings is 1. The Morgan fingerprint density at radius 3 is 2.33 bits per heavy atom. The van der Waals surface area contributed by atoms with Gasteiger partial charge in [-0.3, -0.25) is 4.57 Å². The van der Waals surface area contributed by atoms with Crippen molar-refractivity contribution in [2.24, 2.45) is 0 Å². The molecule has 0 saturated carbocycles. The molecule has 0 bridgehead atoms. The van der Waals surface area contributed by atoms with Gasteiger partial charge in [0.1, 0.15) is 0 Å². The fourth-order valence-corrected chi connectivity index (χ4v) is 1.76. The van der Waals surface area contributed by atoms with E-state index in [1.165, 1.54) is 6.07 Å². The summed E-state index contributed by atoms with van der Waals surface area (Å²) in [5, 5.41) is 0. The Hall–Kier alpha value is -0.840. The lowest BCUT2D eigenvalue weighted by atomic mass is 10.1. The first-order valence-corrected chi connectivity index (χ1v) is 5.69. The van der Waals surface area contributed by atoms with E-state index in [0.717, 1.165) is 18.2 Å². The van der Waals surface area contributed by atoms with Crippen LogP contribution in [0.15, 0.2) is 24.3 Å². The highest BCUT2D eigenvalue weighted by molar-refractivity contribution is 7.50. The summed E-state index contributed by atoms with van der Waals surface area (Å²) < 4.78 is 47.2. The van der Waals surface area contributed by atoms with Gasteiger partial charge in [0.15, 0.2) is 0 Å². The second kappa shape index (κ2) is 3.96. The molecule has 0 spiro atoms. The van der Waals surface area contributed by atoms with Gasteiger partial charge in [0.2, 0.25) is 0 Å². The van der Waals surface area contributed by atoms with Gasteiger partial charge in [-0.1, -0.05) is 18.2 Å². The number of halogens is 3. The van der Waals surface area contributed by atoms with Crippen molar-refractivity contribution in [3.05, 3.63) is 35.4 Å². The van der Waals surface area contributed by atoms with Gasteiger partial charge in [0.25, 0.3) is 0 Å². The van der Waals surface area contributed by atoms with Crippen molar-refractivity contribution in [3.8, 4) is 0 Å². The van der Waals surface area contributed by atoms with Crippen LogP contribution in [0.1, 0.15) is 11.1 Å². The first kappa shape index (κ1) is 12.2. The number of hydrogen-bond donors (Lipinski definition) is 2. The molecule has 1 rings (SSSR count). The molecule has 3 nitrogen and oxygen atoms in total. The summed E-state index contributed by atoms with van der Waals surface area (Å²) in [7, 11) is -4.33. The van der Waals surface area contributed by atoms with Gasteiger partial charge in [-0.05, 0) is 11.6 Å². The zero-order valence-corrected chi connectivity index (χ0v) is 8.29. The molecule has 0 aliphatic rings. The van der Waals surface area contributed by atoms with E-state index in [-0.39, 0.29) is 5.56 Å². The van der Waals surface area contributed by atoms with Gasteiger partial charge >= 0.3 is 13.8 Å². The van der Waals surface area contributed by atoms with E-state index < -0.39 is 25.5 Å². The molecule has 1 aromatic rings. The third-order valence-electron chi connectivity index (χ3n) is 1.64. The summed E-state index contributed by atoms with van der Waals surface area (Å²) >= 11 is 0. The molecule has 0 unspecified atom stereocenters. The van der Waals surface area contributed by atoms with Gasteiger partial charge in [-0.25, -0.2) is 0 Å². The lowest BCUT2D eigenvalue weighted by Crippen LogP contribution is -2.05. The number of hydrogen-bond acceptors (Lipinski definition) is 1. The first-order valence-electron chi connectivity index (χ1n) is 3.89. The normalized spacial score (nSPS) is 12.9. The van der Waals surface area contributed by atoms with Crippen molar-refractivity contribution in [1.82, 2.24) is 0 Å². The molecule has 0 atom stereocenters. The molecule has 84 valence electrons. The predicted molar refractivity (Wildman–Crippen MR) is 47.2 cm³/mol. The zero-order valence-electron chi connectivity index (χ0n) is 7.40. The maximum atomic E-state index is 12.2. The first-order chi connectivity index (χ1) is 6.68. The Kier molecular flexibility index (Phi) is 3.23. The number of alkyl halides is 3. The van der Waals surface area contributed by atoms with Crippen molar-refractivity contribution < 1.29 is 27.5 Å². The maximum absolute atomic E-state index is 12.2. The maximum Gasteiger partial charge on any atom is 0.416 e. The molecule has 2 N–H and O–H groups in total. The predicted octanol–water partition coefficient (Wildman–Crippen LogP) is 2.38. The summed E-state index contributed by atoms with van der Waals surface area (Å²) in [6, 6.07) is 3.95. The fourth-order valence-electron chi connectivity index (χ4n) is 1.08. The van der Waals surface area contributed by atoms with Crippen LogP contribution in [0.4, 0.5) is 13.2 Å². The minimum atomic E-state index is -4.50. The Morgan fingerprint density at radius 2 is 1.87 bits per heavy atom. The van der Waals surface area contributed by atoms with Crippen molar-refractivity contribution in [2.45, 2.75) is 12.3 Å². The molecule has 0 heterocycles. The quantitative estimate of drug-likeness (QED) is 0.780. The average molecular weight is 240 g/mol. The third kappa shape index (κ3) is 4.03. The third-order valence-corrected chi connectivity index (χ3v) is 2.42. The lowest BCUT2D eigenvalue weighted by molar-refractivity contribution is -0.137. The molecule has 0 radical (unpaired) electrons. The van der Waals surface area contributed by atoms with Gasteiger partial charge in [0.05, 0.1) is 11.7 Å². The van der Waals surface area contributed by atoms with E-state index in [1.54, 1.807) is 0 Å². The highest BCUT2D eigenvalue weighted by Crippen LogP contribution is 2.40. The summed E-state index contributed by atoms with van der Waals surface area (Å²) in [5.74, 6) is 0. The van der Waals surface area contributed by atoms with Crippen LogP contribution in [0, 0.1) is 0 Å². The Bertz CT molecular complexity index is 396. The highest BCUT2D eigenvalue weighted by atomic mass is 31.2. The molecule has 0 aliphatic carbocycles. The van der Waals surface area contributed by atoms with Crippen LogP contribution >= 0.6 is 7.60 Å². The molecule has 7 heteroatoms. The molecule has 1 aromatic carbocycles. The number of rotatable bonds is 2. The summed E-state index contributed by atoms with van der Waals surface area (Å²) in [6.45, 7) is 0. The van der Waals surface area contributed by atoms with E-state index in [0.29, 0.717) is 0 Å². The van der Waals surface area contributed by atoms with Gasteiger partial charge in [-0.15, -0.1) is 0 Å². The van der Waals surface area contributed by atoms with Crippen LogP contribution in [0.3, 0.4) is 0 Å². The van der Waals surface area contributed by atoms with E-state index >= 15 is 0 Å².